The summed E-state index contributed by atoms with van der Waals surface area (Å²) in [5, 5.41) is 0. The Balaban J connectivity index is 1.71. The van der Waals surface area contributed by atoms with E-state index in [0.29, 0.717) is 5.92 Å². The van der Waals surface area contributed by atoms with E-state index in [2.05, 4.69) is 75.4 Å². The monoisotopic (exact) mass is 330 g/mol. The van der Waals surface area contributed by atoms with Gasteiger partial charge in [-0.3, -0.25) is 4.90 Å². The first-order valence-corrected chi connectivity index (χ1v) is 7.79. The Bertz CT molecular complexity index is 570. The van der Waals surface area contributed by atoms with Gasteiger partial charge in [-0.1, -0.05) is 58.4 Å². The van der Waals surface area contributed by atoms with Crippen LogP contribution in [0, 0.1) is 0 Å². The van der Waals surface area contributed by atoms with Gasteiger partial charge in [-0.05, 0) is 23.3 Å². The van der Waals surface area contributed by atoms with Gasteiger partial charge in [-0.15, -0.1) is 0 Å². The third-order valence-electron chi connectivity index (χ3n) is 3.97. The summed E-state index contributed by atoms with van der Waals surface area (Å²) < 4.78 is 1.13. The highest BCUT2D eigenvalue weighted by atomic mass is 79.9. The van der Waals surface area contributed by atoms with Crippen LogP contribution >= 0.6 is 15.9 Å². The average Bonchev–Trinajstić information content (AvgIpc) is 2.81. The molecule has 0 amide bonds. The molecule has 2 atom stereocenters. The highest BCUT2D eigenvalue weighted by Crippen LogP contribution is 2.29. The zero-order valence-corrected chi connectivity index (χ0v) is 13.0. The van der Waals surface area contributed by atoms with Crippen molar-refractivity contribution in [2.75, 3.05) is 13.1 Å². The van der Waals surface area contributed by atoms with Crippen molar-refractivity contribution in [3.8, 4) is 0 Å². The lowest BCUT2D eigenvalue weighted by molar-refractivity contribution is 0.324. The van der Waals surface area contributed by atoms with E-state index in [1.165, 1.54) is 11.1 Å². The molecule has 1 heterocycles. The summed E-state index contributed by atoms with van der Waals surface area (Å²) in [4.78, 5) is 2.45. The SMILES string of the molecule is N[C@@H]1CN(Cc2ccccc2)C[C@H]1c1cccc(Br)c1. The van der Waals surface area contributed by atoms with Gasteiger partial charge in [0.25, 0.3) is 0 Å². The van der Waals surface area contributed by atoms with Crippen LogP contribution in [-0.2, 0) is 6.54 Å². The molecule has 0 unspecified atom stereocenters. The molecule has 20 heavy (non-hydrogen) atoms. The molecule has 1 fully saturated rings. The van der Waals surface area contributed by atoms with E-state index in [1.54, 1.807) is 0 Å². The third-order valence-corrected chi connectivity index (χ3v) is 4.46. The molecule has 3 heteroatoms. The van der Waals surface area contributed by atoms with E-state index in [9.17, 15) is 0 Å². The second-order valence-corrected chi connectivity index (χ2v) is 6.42. The number of likely N-dealkylation sites (tertiary alicyclic amines) is 1. The lowest BCUT2D eigenvalue weighted by Gasteiger charge is -2.16. The number of rotatable bonds is 3. The molecule has 0 spiro atoms. The second-order valence-electron chi connectivity index (χ2n) is 5.51. The fourth-order valence-corrected chi connectivity index (χ4v) is 3.39. The van der Waals surface area contributed by atoms with Crippen LogP contribution < -0.4 is 5.73 Å². The molecule has 104 valence electrons. The maximum atomic E-state index is 6.35. The standard InChI is InChI=1S/C17H19BrN2/c18-15-8-4-7-14(9-15)16-11-20(12-17(16)19)10-13-5-2-1-3-6-13/h1-9,16-17H,10-12,19H2/t16-,17+/m0/s1. The quantitative estimate of drug-likeness (QED) is 0.934. The minimum absolute atomic E-state index is 0.216. The predicted molar refractivity (Wildman–Crippen MR) is 86.6 cm³/mol. The van der Waals surface area contributed by atoms with Crippen molar-refractivity contribution in [2.45, 2.75) is 18.5 Å². The van der Waals surface area contributed by atoms with E-state index in [1.807, 2.05) is 0 Å². The molecule has 0 saturated carbocycles. The summed E-state index contributed by atoms with van der Waals surface area (Å²) in [6.07, 6.45) is 0. The lowest BCUT2D eigenvalue weighted by Crippen LogP contribution is -2.28. The molecule has 1 saturated heterocycles. The number of halogens is 1. The molecule has 0 radical (unpaired) electrons. The number of nitrogens with two attached hydrogens (primary N) is 1. The topological polar surface area (TPSA) is 29.3 Å². The normalized spacial score (nSPS) is 23.1. The molecule has 1 aliphatic rings. The van der Waals surface area contributed by atoms with Crippen LogP contribution in [0.25, 0.3) is 0 Å². The van der Waals surface area contributed by atoms with Gasteiger partial charge in [0, 0.05) is 36.1 Å². The first kappa shape index (κ1) is 13.8. The van der Waals surface area contributed by atoms with Crippen molar-refractivity contribution in [2.24, 2.45) is 5.73 Å². The highest BCUT2D eigenvalue weighted by Gasteiger charge is 2.31. The Morgan fingerprint density at radius 1 is 1.05 bits per heavy atom. The van der Waals surface area contributed by atoms with E-state index < -0.39 is 0 Å². The summed E-state index contributed by atoms with van der Waals surface area (Å²) in [5.74, 6) is 0.427. The van der Waals surface area contributed by atoms with Crippen molar-refractivity contribution in [1.29, 1.82) is 0 Å². The largest absolute Gasteiger partial charge is 0.326 e. The molecule has 0 aliphatic carbocycles. The van der Waals surface area contributed by atoms with Crippen LogP contribution in [0.1, 0.15) is 17.0 Å². The van der Waals surface area contributed by atoms with Crippen LogP contribution in [0.5, 0.6) is 0 Å². The van der Waals surface area contributed by atoms with E-state index in [-0.39, 0.29) is 6.04 Å². The van der Waals surface area contributed by atoms with Crippen LogP contribution in [0.2, 0.25) is 0 Å². The number of hydrogen-bond donors (Lipinski definition) is 1. The van der Waals surface area contributed by atoms with Crippen LogP contribution in [-0.4, -0.2) is 24.0 Å². The van der Waals surface area contributed by atoms with Gasteiger partial charge in [-0.25, -0.2) is 0 Å². The Morgan fingerprint density at radius 2 is 1.85 bits per heavy atom. The Hall–Kier alpha value is -1.16. The molecule has 1 aliphatic heterocycles. The number of benzene rings is 2. The minimum Gasteiger partial charge on any atom is -0.326 e. The fourth-order valence-electron chi connectivity index (χ4n) is 2.97. The molecule has 2 aromatic rings. The van der Waals surface area contributed by atoms with Gasteiger partial charge in [0.1, 0.15) is 0 Å². The van der Waals surface area contributed by atoms with Crippen molar-refractivity contribution in [1.82, 2.24) is 4.90 Å². The Labute approximate surface area is 128 Å². The average molecular weight is 331 g/mol. The molecule has 3 rings (SSSR count). The molecule has 2 aromatic carbocycles. The maximum Gasteiger partial charge on any atom is 0.0250 e. The summed E-state index contributed by atoms with van der Waals surface area (Å²) >= 11 is 3.54. The zero-order chi connectivity index (χ0) is 13.9. The Morgan fingerprint density at radius 3 is 2.60 bits per heavy atom. The van der Waals surface area contributed by atoms with Gasteiger partial charge in [-0.2, -0.15) is 0 Å². The number of hydrogen-bond acceptors (Lipinski definition) is 2. The first-order chi connectivity index (χ1) is 9.72. The maximum absolute atomic E-state index is 6.35. The van der Waals surface area contributed by atoms with Gasteiger partial charge in [0.05, 0.1) is 0 Å². The van der Waals surface area contributed by atoms with Gasteiger partial charge in [0.2, 0.25) is 0 Å². The molecule has 2 nitrogen and oxygen atoms in total. The van der Waals surface area contributed by atoms with E-state index >= 15 is 0 Å². The third kappa shape index (κ3) is 3.11. The fraction of sp³-hybridized carbons (Fsp3) is 0.294. The van der Waals surface area contributed by atoms with E-state index in [0.717, 1.165) is 24.1 Å². The molecule has 2 N–H and O–H groups in total. The Kier molecular flexibility index (Phi) is 4.20. The summed E-state index contributed by atoms with van der Waals surface area (Å²) in [5.41, 5.74) is 9.04. The first-order valence-electron chi connectivity index (χ1n) is 7.00. The summed E-state index contributed by atoms with van der Waals surface area (Å²) in [6, 6.07) is 19.3. The van der Waals surface area contributed by atoms with Crippen molar-refractivity contribution in [3.63, 3.8) is 0 Å². The predicted octanol–water partition coefficient (Wildman–Crippen LogP) is 3.38. The van der Waals surface area contributed by atoms with Gasteiger partial charge in [0.15, 0.2) is 0 Å². The van der Waals surface area contributed by atoms with Crippen molar-refractivity contribution >= 4 is 15.9 Å². The number of nitrogens with zero attached hydrogens (tertiary/aromatic N) is 1. The zero-order valence-electron chi connectivity index (χ0n) is 11.4. The van der Waals surface area contributed by atoms with Crippen LogP contribution in [0.4, 0.5) is 0 Å². The minimum atomic E-state index is 0.216. The van der Waals surface area contributed by atoms with Crippen LogP contribution in [0.3, 0.4) is 0 Å². The second kappa shape index (κ2) is 6.08. The van der Waals surface area contributed by atoms with Gasteiger partial charge < -0.3 is 5.73 Å². The van der Waals surface area contributed by atoms with E-state index in [4.69, 9.17) is 5.73 Å². The lowest BCUT2D eigenvalue weighted by atomic mass is 9.95. The molecular weight excluding hydrogens is 312 g/mol. The van der Waals surface area contributed by atoms with Crippen molar-refractivity contribution in [3.05, 3.63) is 70.2 Å². The smallest absolute Gasteiger partial charge is 0.0250 e. The highest BCUT2D eigenvalue weighted by molar-refractivity contribution is 9.10. The van der Waals surface area contributed by atoms with Crippen molar-refractivity contribution < 1.29 is 0 Å². The molecule has 0 aromatic heterocycles. The molecular formula is C17H19BrN2. The molecule has 0 bridgehead atoms. The van der Waals surface area contributed by atoms with Crippen LogP contribution in [0.15, 0.2) is 59.1 Å². The summed E-state index contributed by atoms with van der Waals surface area (Å²) in [7, 11) is 0. The van der Waals surface area contributed by atoms with Gasteiger partial charge >= 0.3 is 0 Å². The summed E-state index contributed by atoms with van der Waals surface area (Å²) in [6.45, 7) is 2.98.